The number of esters is 1. The molecule has 1 atom stereocenters. The number of carbonyl (C=O) groups is 2. The van der Waals surface area contributed by atoms with E-state index in [2.05, 4.69) is 4.98 Å². The number of methoxy groups -OCH3 is 1. The largest absolute Gasteiger partial charge is 0.465 e. The second kappa shape index (κ2) is 12.4. The summed E-state index contributed by atoms with van der Waals surface area (Å²) in [4.78, 5) is 34.9. The first-order valence-corrected chi connectivity index (χ1v) is 12.4. The number of carbonyl (C=O) groups excluding carboxylic acids is 2. The number of piperidine rings is 1. The van der Waals surface area contributed by atoms with Crippen molar-refractivity contribution in [3.63, 3.8) is 0 Å². The van der Waals surface area contributed by atoms with Gasteiger partial charge in [0, 0.05) is 29.4 Å². The average Bonchev–Trinajstić information content (AvgIpc) is 2.87. The van der Waals surface area contributed by atoms with Crippen molar-refractivity contribution in [3.05, 3.63) is 69.3 Å². The molecule has 0 saturated carbocycles. The number of rotatable bonds is 6. The lowest BCUT2D eigenvalue weighted by molar-refractivity contribution is -0.0884. The fourth-order valence-electron chi connectivity index (χ4n) is 4.50. The van der Waals surface area contributed by atoms with Crippen LogP contribution in [0.1, 0.15) is 39.3 Å². The number of nitrogens with two attached hydrogens (primary N) is 1. The molecule has 4 rings (SSSR count). The third-order valence-corrected chi connectivity index (χ3v) is 6.84. The number of alkyl halides is 3. The fourth-order valence-corrected chi connectivity index (χ4v) is 5.01. The highest BCUT2D eigenvalue weighted by molar-refractivity contribution is 6.36. The minimum atomic E-state index is -5.03. The minimum absolute atomic E-state index is 0. The molecule has 0 bridgehead atoms. The van der Waals surface area contributed by atoms with E-state index in [1.165, 1.54) is 13.2 Å². The van der Waals surface area contributed by atoms with Gasteiger partial charge in [-0.2, -0.15) is 13.2 Å². The molecule has 1 aliphatic heterocycles. The van der Waals surface area contributed by atoms with Crippen molar-refractivity contribution < 1.29 is 27.5 Å². The van der Waals surface area contributed by atoms with Gasteiger partial charge in [-0.05, 0) is 67.6 Å². The molecule has 0 radical (unpaired) electrons. The van der Waals surface area contributed by atoms with Crippen molar-refractivity contribution in [2.45, 2.75) is 25.4 Å². The smallest absolute Gasteiger partial charge is 0.455 e. The standard InChI is InChI=1S/C26H23Cl2F3N4O3.ClH/c1-38-25(37)19-8-9-21(17-6-4-15(27)12-20(17)28)34-24(19)35-10-2-3-14(13-35)11-16-5-7-18(23(32)33-16)22(36)26(29,30)31;/h4-9,12,14H,2-3,10-11,13H2,1H3,(H2,32,33);1H. The minimum Gasteiger partial charge on any atom is -0.465 e. The molecule has 1 unspecified atom stereocenters. The van der Waals surface area contributed by atoms with Crippen LogP contribution in [-0.4, -0.2) is 48.1 Å². The lowest BCUT2D eigenvalue weighted by Crippen LogP contribution is -2.38. The zero-order chi connectivity index (χ0) is 27.6. The summed E-state index contributed by atoms with van der Waals surface area (Å²) in [7, 11) is 1.29. The molecule has 1 aliphatic rings. The molecule has 0 spiro atoms. The summed E-state index contributed by atoms with van der Waals surface area (Å²) in [5.41, 5.74) is 6.97. The highest BCUT2D eigenvalue weighted by atomic mass is 35.5. The van der Waals surface area contributed by atoms with E-state index in [1.54, 1.807) is 30.3 Å². The van der Waals surface area contributed by atoms with Crippen LogP contribution in [0.3, 0.4) is 0 Å². The van der Waals surface area contributed by atoms with Crippen LogP contribution in [0, 0.1) is 5.92 Å². The predicted molar refractivity (Wildman–Crippen MR) is 146 cm³/mol. The number of halogens is 6. The Morgan fingerprint density at radius 1 is 1.10 bits per heavy atom. The predicted octanol–water partition coefficient (Wildman–Crippen LogP) is 6.45. The van der Waals surface area contributed by atoms with Crippen LogP contribution >= 0.6 is 35.6 Å². The Kier molecular flexibility index (Phi) is 9.69. The number of Topliss-reactive ketones (excluding diaryl/α,β-unsaturated/α-hetero) is 1. The molecule has 1 fully saturated rings. The Bertz CT molecular complexity index is 1390. The van der Waals surface area contributed by atoms with E-state index in [0.717, 1.165) is 18.9 Å². The normalized spacial score (nSPS) is 15.4. The molecule has 0 aliphatic carbocycles. The maximum Gasteiger partial charge on any atom is 0.455 e. The summed E-state index contributed by atoms with van der Waals surface area (Å²) >= 11 is 12.4. The van der Waals surface area contributed by atoms with Crippen LogP contribution < -0.4 is 10.6 Å². The fraction of sp³-hybridized carbons (Fsp3) is 0.308. The molecule has 2 aromatic heterocycles. The van der Waals surface area contributed by atoms with E-state index in [-0.39, 0.29) is 18.3 Å². The van der Waals surface area contributed by atoms with Gasteiger partial charge in [0.2, 0.25) is 0 Å². The van der Waals surface area contributed by atoms with Gasteiger partial charge >= 0.3 is 12.1 Å². The number of anilines is 2. The Hall–Kier alpha value is -3.08. The average molecular weight is 604 g/mol. The first-order valence-electron chi connectivity index (χ1n) is 11.6. The second-order valence-corrected chi connectivity index (χ2v) is 9.75. The van der Waals surface area contributed by atoms with Crippen LogP contribution in [-0.2, 0) is 11.2 Å². The maximum atomic E-state index is 12.8. The van der Waals surface area contributed by atoms with Gasteiger partial charge in [-0.1, -0.05) is 23.2 Å². The van der Waals surface area contributed by atoms with Gasteiger partial charge < -0.3 is 15.4 Å². The summed E-state index contributed by atoms with van der Waals surface area (Å²) < 4.78 is 43.3. The molecule has 3 heterocycles. The second-order valence-electron chi connectivity index (χ2n) is 8.90. The van der Waals surface area contributed by atoms with Crippen molar-refractivity contribution in [1.29, 1.82) is 0 Å². The van der Waals surface area contributed by atoms with Crippen LogP contribution in [0.15, 0.2) is 42.5 Å². The number of ketones is 1. The number of hydrogen-bond donors (Lipinski definition) is 1. The van der Waals surface area contributed by atoms with E-state index in [9.17, 15) is 22.8 Å². The monoisotopic (exact) mass is 602 g/mol. The number of benzene rings is 1. The van der Waals surface area contributed by atoms with Crippen molar-refractivity contribution in [3.8, 4) is 11.3 Å². The summed E-state index contributed by atoms with van der Waals surface area (Å²) in [6, 6.07) is 10.8. The van der Waals surface area contributed by atoms with Gasteiger partial charge in [0.25, 0.3) is 5.78 Å². The molecule has 1 aromatic carbocycles. The first-order chi connectivity index (χ1) is 18.0. The SMILES string of the molecule is COC(=O)c1ccc(-c2ccc(Cl)cc2Cl)nc1N1CCCC(Cc2ccc(C(=O)C(F)(F)F)c(N)n2)C1.Cl. The van der Waals surface area contributed by atoms with Crippen LogP contribution in [0.2, 0.25) is 10.0 Å². The Balaban J connectivity index is 0.00000420. The zero-order valence-electron chi connectivity index (χ0n) is 20.6. The number of nitrogens with zero attached hydrogens (tertiary/aromatic N) is 3. The summed E-state index contributed by atoms with van der Waals surface area (Å²) in [6.07, 6.45) is -3.02. The number of hydrogen-bond acceptors (Lipinski definition) is 7. The van der Waals surface area contributed by atoms with E-state index in [0.29, 0.717) is 57.9 Å². The maximum absolute atomic E-state index is 12.8. The summed E-state index contributed by atoms with van der Waals surface area (Å²) in [5.74, 6) is -2.55. The Morgan fingerprint density at radius 2 is 1.82 bits per heavy atom. The van der Waals surface area contributed by atoms with Gasteiger partial charge in [-0.15, -0.1) is 12.4 Å². The molecule has 208 valence electrons. The van der Waals surface area contributed by atoms with Crippen molar-refractivity contribution >= 4 is 59.0 Å². The highest BCUT2D eigenvalue weighted by Gasteiger charge is 2.40. The van der Waals surface area contributed by atoms with Gasteiger partial charge in [0.1, 0.15) is 17.2 Å². The third-order valence-electron chi connectivity index (χ3n) is 6.29. The lowest BCUT2D eigenvalue weighted by atomic mass is 9.92. The number of pyridine rings is 2. The van der Waals surface area contributed by atoms with E-state index in [1.807, 2.05) is 4.90 Å². The van der Waals surface area contributed by atoms with Crippen molar-refractivity contribution in [2.24, 2.45) is 5.92 Å². The number of aromatic nitrogens is 2. The molecule has 1 saturated heterocycles. The summed E-state index contributed by atoms with van der Waals surface area (Å²) in [5, 5.41) is 0.892. The Labute approximate surface area is 238 Å². The molecular weight excluding hydrogens is 580 g/mol. The molecular formula is C26H24Cl3F3N4O3. The Morgan fingerprint density at radius 3 is 2.46 bits per heavy atom. The number of ether oxygens (including phenoxy) is 1. The van der Waals surface area contributed by atoms with Gasteiger partial charge in [0.15, 0.2) is 0 Å². The first kappa shape index (κ1) is 30.5. The van der Waals surface area contributed by atoms with E-state index < -0.39 is 29.3 Å². The molecule has 3 aromatic rings. The van der Waals surface area contributed by atoms with Crippen LogP contribution in [0.4, 0.5) is 24.8 Å². The molecule has 0 amide bonds. The van der Waals surface area contributed by atoms with Crippen LogP contribution in [0.5, 0.6) is 0 Å². The molecule has 13 heteroatoms. The summed E-state index contributed by atoms with van der Waals surface area (Å²) in [6.45, 7) is 1.12. The topological polar surface area (TPSA) is 98.4 Å². The lowest BCUT2D eigenvalue weighted by Gasteiger charge is -2.34. The van der Waals surface area contributed by atoms with E-state index in [4.69, 9.17) is 38.7 Å². The quantitative estimate of drug-likeness (QED) is 0.256. The third kappa shape index (κ3) is 6.93. The number of nitrogen functional groups attached to an aromatic ring is 1. The van der Waals surface area contributed by atoms with Crippen LogP contribution in [0.25, 0.3) is 11.3 Å². The van der Waals surface area contributed by atoms with Gasteiger partial charge in [0.05, 0.1) is 23.4 Å². The van der Waals surface area contributed by atoms with Crippen molar-refractivity contribution in [1.82, 2.24) is 9.97 Å². The molecule has 7 nitrogen and oxygen atoms in total. The van der Waals surface area contributed by atoms with E-state index >= 15 is 0 Å². The zero-order valence-corrected chi connectivity index (χ0v) is 22.9. The van der Waals surface area contributed by atoms with Gasteiger partial charge in [-0.25, -0.2) is 14.8 Å². The van der Waals surface area contributed by atoms with Gasteiger partial charge in [-0.3, -0.25) is 4.79 Å². The van der Waals surface area contributed by atoms with Crippen molar-refractivity contribution in [2.75, 3.05) is 30.8 Å². The molecule has 2 N–H and O–H groups in total. The molecule has 39 heavy (non-hydrogen) atoms. The highest BCUT2D eigenvalue weighted by Crippen LogP contribution is 2.34.